The molecule has 58 valence electrons. The highest BCUT2D eigenvalue weighted by Crippen LogP contribution is 2.18. The third kappa shape index (κ3) is 2.73. The van der Waals surface area contributed by atoms with Crippen LogP contribution in [0.5, 0.6) is 0 Å². The molecule has 1 aliphatic heterocycles. The summed E-state index contributed by atoms with van der Waals surface area (Å²) in [6.45, 7) is 9.63. The first kappa shape index (κ1) is 8.11. The Morgan fingerprint density at radius 1 is 1.50 bits per heavy atom. The fourth-order valence-corrected chi connectivity index (χ4v) is 1.63. The third-order valence-corrected chi connectivity index (χ3v) is 2.19. The molecule has 0 aromatic heterocycles. The number of allylic oxidation sites excluding steroid dienone is 1. The van der Waals surface area contributed by atoms with Crippen LogP contribution in [-0.4, -0.2) is 30.6 Å². The number of morpholine rings is 1. The summed E-state index contributed by atoms with van der Waals surface area (Å²) in [5, 5.41) is 0. The normalized spacial score (nSPS) is 20.9. The van der Waals surface area contributed by atoms with E-state index in [4.69, 9.17) is 4.74 Å². The van der Waals surface area contributed by atoms with Gasteiger partial charge in [0.15, 0.2) is 0 Å². The van der Waals surface area contributed by atoms with E-state index >= 15 is 0 Å². The molecule has 1 saturated heterocycles. The molecule has 0 atom stereocenters. The lowest BCUT2D eigenvalue weighted by molar-refractivity contribution is 0.0775. The van der Waals surface area contributed by atoms with Crippen LogP contribution in [0.3, 0.4) is 0 Å². The molecule has 0 radical (unpaired) electrons. The van der Waals surface area contributed by atoms with Gasteiger partial charge in [0.25, 0.3) is 0 Å². The van der Waals surface area contributed by atoms with Gasteiger partial charge in [-0.15, -0.1) is 0 Å². The topological polar surface area (TPSA) is 12.5 Å². The van der Waals surface area contributed by atoms with E-state index < -0.39 is 0 Å². The van der Waals surface area contributed by atoms with Gasteiger partial charge in [0.1, 0.15) is 0 Å². The molecule has 1 heterocycles. The first-order valence-electron chi connectivity index (χ1n) is 3.45. The van der Waals surface area contributed by atoms with Crippen LogP contribution >= 0.6 is 11.9 Å². The minimum Gasteiger partial charge on any atom is -0.379 e. The second-order valence-corrected chi connectivity index (χ2v) is 3.73. The number of ether oxygens (including phenoxy) is 1. The molecule has 1 rings (SSSR count). The van der Waals surface area contributed by atoms with E-state index in [1.165, 1.54) is 0 Å². The van der Waals surface area contributed by atoms with E-state index in [1.54, 1.807) is 11.9 Å². The van der Waals surface area contributed by atoms with E-state index in [-0.39, 0.29) is 0 Å². The quantitative estimate of drug-likeness (QED) is 0.567. The van der Waals surface area contributed by atoms with Crippen LogP contribution in [0.4, 0.5) is 0 Å². The molecule has 0 aromatic carbocycles. The predicted octanol–water partition coefficient (Wildman–Crippen LogP) is 1.50. The van der Waals surface area contributed by atoms with Crippen LogP contribution in [0, 0.1) is 0 Å². The van der Waals surface area contributed by atoms with Crippen molar-refractivity contribution in [3.8, 4) is 0 Å². The summed E-state index contributed by atoms with van der Waals surface area (Å²) in [5.41, 5.74) is 0. The molecule has 1 aliphatic rings. The van der Waals surface area contributed by atoms with Crippen molar-refractivity contribution in [1.82, 2.24) is 4.31 Å². The zero-order valence-electron chi connectivity index (χ0n) is 6.30. The second-order valence-electron chi connectivity index (χ2n) is 2.33. The third-order valence-electron chi connectivity index (χ3n) is 1.25. The first-order chi connectivity index (χ1) is 4.79. The Morgan fingerprint density at radius 2 is 2.10 bits per heavy atom. The molecule has 0 aromatic rings. The minimum absolute atomic E-state index is 0.861. The fraction of sp³-hybridized carbons (Fsp3) is 0.714. The average molecular weight is 159 g/mol. The molecule has 0 amide bonds. The van der Waals surface area contributed by atoms with E-state index in [1.807, 2.05) is 6.92 Å². The van der Waals surface area contributed by atoms with Gasteiger partial charge in [0.05, 0.1) is 13.2 Å². The first-order valence-corrected chi connectivity index (χ1v) is 4.22. The maximum absolute atomic E-state index is 5.20. The van der Waals surface area contributed by atoms with E-state index in [0.29, 0.717) is 0 Å². The summed E-state index contributed by atoms with van der Waals surface area (Å²) in [6.07, 6.45) is 0. The van der Waals surface area contributed by atoms with E-state index in [9.17, 15) is 0 Å². The summed E-state index contributed by atoms with van der Waals surface area (Å²) < 4.78 is 7.48. The van der Waals surface area contributed by atoms with Crippen LogP contribution < -0.4 is 0 Å². The summed E-state index contributed by atoms with van der Waals surface area (Å²) in [6, 6.07) is 0. The fourth-order valence-electron chi connectivity index (χ4n) is 0.858. The Labute approximate surface area is 66.4 Å². The molecule has 0 aliphatic carbocycles. The van der Waals surface area contributed by atoms with Gasteiger partial charge in [-0.3, -0.25) is 0 Å². The molecule has 0 N–H and O–H groups in total. The summed E-state index contributed by atoms with van der Waals surface area (Å²) in [5.74, 6) is 0. The number of nitrogens with zero attached hydrogens (tertiary/aromatic N) is 1. The van der Waals surface area contributed by atoms with Crippen molar-refractivity contribution in [3.05, 3.63) is 11.5 Å². The molecule has 0 saturated carbocycles. The van der Waals surface area contributed by atoms with E-state index in [2.05, 4.69) is 10.9 Å². The molecule has 10 heavy (non-hydrogen) atoms. The van der Waals surface area contributed by atoms with Crippen LogP contribution in [-0.2, 0) is 4.74 Å². The maximum Gasteiger partial charge on any atom is 0.0603 e. The van der Waals surface area contributed by atoms with Gasteiger partial charge in [0, 0.05) is 13.1 Å². The van der Waals surface area contributed by atoms with Gasteiger partial charge >= 0.3 is 0 Å². The molecular weight excluding hydrogens is 146 g/mol. The maximum atomic E-state index is 5.20. The Morgan fingerprint density at radius 3 is 2.60 bits per heavy atom. The van der Waals surface area contributed by atoms with Crippen molar-refractivity contribution in [2.75, 3.05) is 26.3 Å². The summed E-state index contributed by atoms with van der Waals surface area (Å²) >= 11 is 1.73. The average Bonchev–Trinajstić information content (AvgIpc) is 1.88. The minimum atomic E-state index is 0.861. The van der Waals surface area contributed by atoms with E-state index in [0.717, 1.165) is 31.2 Å². The monoisotopic (exact) mass is 159 g/mol. The smallest absolute Gasteiger partial charge is 0.0603 e. The number of hydrogen-bond donors (Lipinski definition) is 0. The largest absolute Gasteiger partial charge is 0.379 e. The Balaban J connectivity index is 2.19. The van der Waals surface area contributed by atoms with Crippen LogP contribution in [0.15, 0.2) is 11.5 Å². The zero-order valence-corrected chi connectivity index (χ0v) is 7.12. The molecule has 0 bridgehead atoms. The van der Waals surface area contributed by atoms with Crippen molar-refractivity contribution < 1.29 is 4.74 Å². The standard InChI is InChI=1S/C7H13NOS/c1-7(2)10-8-3-5-9-6-4-8/h1,3-6H2,2H3. The van der Waals surface area contributed by atoms with Gasteiger partial charge in [-0.05, 0) is 23.8 Å². The van der Waals surface area contributed by atoms with Crippen molar-refractivity contribution in [2.24, 2.45) is 0 Å². The SMILES string of the molecule is C=C(C)SN1CCOCC1. The Hall–Kier alpha value is 0.01000. The highest BCUT2D eigenvalue weighted by molar-refractivity contribution is 8.00. The lowest BCUT2D eigenvalue weighted by atomic mass is 10.5. The lowest BCUT2D eigenvalue weighted by Gasteiger charge is -2.24. The second kappa shape index (κ2) is 4.01. The van der Waals surface area contributed by atoms with Gasteiger partial charge in [-0.1, -0.05) is 6.58 Å². The van der Waals surface area contributed by atoms with Crippen molar-refractivity contribution >= 4 is 11.9 Å². The molecular formula is C7H13NOS. The molecule has 3 heteroatoms. The highest BCUT2D eigenvalue weighted by Gasteiger charge is 2.09. The van der Waals surface area contributed by atoms with Crippen molar-refractivity contribution in [2.45, 2.75) is 6.92 Å². The van der Waals surface area contributed by atoms with Gasteiger partial charge in [0.2, 0.25) is 0 Å². The lowest BCUT2D eigenvalue weighted by Crippen LogP contribution is -2.30. The summed E-state index contributed by atoms with van der Waals surface area (Å²) in [4.78, 5) is 1.15. The van der Waals surface area contributed by atoms with Crippen LogP contribution in [0.25, 0.3) is 0 Å². The van der Waals surface area contributed by atoms with Crippen molar-refractivity contribution in [1.29, 1.82) is 0 Å². The number of hydrogen-bond acceptors (Lipinski definition) is 3. The Bertz CT molecular complexity index is 121. The van der Waals surface area contributed by atoms with Gasteiger partial charge < -0.3 is 4.74 Å². The zero-order chi connectivity index (χ0) is 7.40. The number of rotatable bonds is 2. The summed E-state index contributed by atoms with van der Waals surface area (Å²) in [7, 11) is 0. The van der Waals surface area contributed by atoms with Gasteiger partial charge in [-0.2, -0.15) is 0 Å². The molecule has 0 unspecified atom stereocenters. The predicted molar refractivity (Wildman–Crippen MR) is 44.8 cm³/mol. The Kier molecular flexibility index (Phi) is 3.25. The molecule has 1 fully saturated rings. The van der Waals surface area contributed by atoms with Crippen molar-refractivity contribution in [3.63, 3.8) is 0 Å². The highest BCUT2D eigenvalue weighted by atomic mass is 32.2. The van der Waals surface area contributed by atoms with Crippen LogP contribution in [0.1, 0.15) is 6.92 Å². The molecule has 0 spiro atoms. The van der Waals surface area contributed by atoms with Gasteiger partial charge in [-0.25, -0.2) is 4.31 Å². The molecule has 2 nitrogen and oxygen atoms in total. The van der Waals surface area contributed by atoms with Crippen LogP contribution in [0.2, 0.25) is 0 Å².